The number of amides is 4. The summed E-state index contributed by atoms with van der Waals surface area (Å²) in [7, 11) is 0. The number of aldehydes is 1. The summed E-state index contributed by atoms with van der Waals surface area (Å²) in [6.07, 6.45) is 7.71. The van der Waals surface area contributed by atoms with Crippen LogP contribution in [0.15, 0.2) is 24.3 Å². The molecule has 0 bridgehead atoms. The second-order valence-electron chi connectivity index (χ2n) is 11.8. The zero-order valence-electron chi connectivity index (χ0n) is 23.7. The Balaban J connectivity index is 1.34. The SMILES string of the molecule is CC(=O)N1CCC2(CC1)CC(CC(C=O)NC(=O)[C@H](CC1CCCCC1)NC(=O)OCc1cccc(Cl)c1)C(=O)N2. The Morgan fingerprint density at radius 3 is 2.54 bits per heavy atom. The van der Waals surface area contributed by atoms with Crippen molar-refractivity contribution >= 4 is 41.7 Å². The van der Waals surface area contributed by atoms with Crippen molar-refractivity contribution in [3.8, 4) is 0 Å². The number of rotatable bonds is 10. The molecule has 10 nitrogen and oxygen atoms in total. The molecule has 4 rings (SSSR count). The zero-order valence-corrected chi connectivity index (χ0v) is 24.4. The van der Waals surface area contributed by atoms with E-state index in [0.717, 1.165) is 37.7 Å². The lowest BCUT2D eigenvalue weighted by Crippen LogP contribution is -2.51. The Kier molecular flexibility index (Phi) is 10.6. The van der Waals surface area contributed by atoms with E-state index in [0.29, 0.717) is 50.1 Å². The molecule has 2 saturated heterocycles. The Morgan fingerprint density at radius 2 is 1.88 bits per heavy atom. The minimum absolute atomic E-state index is 0.00381. The first-order valence-electron chi connectivity index (χ1n) is 14.7. The maximum Gasteiger partial charge on any atom is 0.408 e. The second-order valence-corrected chi connectivity index (χ2v) is 12.2. The Hall–Kier alpha value is -3.14. The summed E-state index contributed by atoms with van der Waals surface area (Å²) >= 11 is 6.01. The van der Waals surface area contributed by atoms with Crippen molar-refractivity contribution in [1.29, 1.82) is 0 Å². The molecule has 1 spiro atoms. The molecule has 1 aromatic rings. The number of likely N-dealkylation sites (tertiary alicyclic amines) is 1. The van der Waals surface area contributed by atoms with E-state index < -0.39 is 30.0 Å². The van der Waals surface area contributed by atoms with Gasteiger partial charge in [0.2, 0.25) is 17.7 Å². The molecule has 1 aromatic carbocycles. The first-order chi connectivity index (χ1) is 19.7. The highest BCUT2D eigenvalue weighted by molar-refractivity contribution is 6.30. The van der Waals surface area contributed by atoms with Gasteiger partial charge in [-0.15, -0.1) is 0 Å². The van der Waals surface area contributed by atoms with E-state index in [1.54, 1.807) is 36.1 Å². The van der Waals surface area contributed by atoms with E-state index in [9.17, 15) is 24.0 Å². The van der Waals surface area contributed by atoms with Crippen LogP contribution < -0.4 is 16.0 Å². The average Bonchev–Trinajstić information content (AvgIpc) is 3.25. The summed E-state index contributed by atoms with van der Waals surface area (Å²) in [6.45, 7) is 2.71. The number of alkyl carbamates (subject to hydrolysis) is 1. The minimum Gasteiger partial charge on any atom is -0.445 e. The largest absolute Gasteiger partial charge is 0.445 e. The van der Waals surface area contributed by atoms with Gasteiger partial charge in [0.1, 0.15) is 18.9 Å². The summed E-state index contributed by atoms with van der Waals surface area (Å²) in [4.78, 5) is 64.4. The second kappa shape index (κ2) is 14.2. The minimum atomic E-state index is -0.871. The molecule has 3 N–H and O–H groups in total. The molecule has 1 saturated carbocycles. The van der Waals surface area contributed by atoms with Crippen LogP contribution in [0.5, 0.6) is 0 Å². The van der Waals surface area contributed by atoms with Crippen molar-refractivity contribution in [1.82, 2.24) is 20.9 Å². The van der Waals surface area contributed by atoms with Gasteiger partial charge in [-0.2, -0.15) is 0 Å². The van der Waals surface area contributed by atoms with Gasteiger partial charge in [-0.05, 0) is 55.7 Å². The van der Waals surface area contributed by atoms with Gasteiger partial charge >= 0.3 is 6.09 Å². The molecule has 2 unspecified atom stereocenters. The predicted octanol–water partition coefficient (Wildman–Crippen LogP) is 3.50. The molecular formula is C30H41ClN4O6. The van der Waals surface area contributed by atoms with Crippen molar-refractivity contribution in [3.63, 3.8) is 0 Å². The molecular weight excluding hydrogens is 548 g/mol. The lowest BCUT2D eigenvalue weighted by molar-refractivity contribution is -0.130. The van der Waals surface area contributed by atoms with Crippen LogP contribution in [0.4, 0.5) is 4.79 Å². The van der Waals surface area contributed by atoms with Crippen molar-refractivity contribution < 1.29 is 28.7 Å². The smallest absolute Gasteiger partial charge is 0.408 e. The summed E-state index contributed by atoms with van der Waals surface area (Å²) in [5.74, 6) is -0.723. The van der Waals surface area contributed by atoms with Crippen LogP contribution in [-0.2, 0) is 30.5 Å². The third-order valence-electron chi connectivity index (χ3n) is 8.75. The number of halogens is 1. The van der Waals surface area contributed by atoms with Gasteiger partial charge in [0, 0.05) is 36.5 Å². The van der Waals surface area contributed by atoms with Gasteiger partial charge in [0.05, 0.1) is 6.04 Å². The summed E-state index contributed by atoms with van der Waals surface area (Å²) in [5, 5.41) is 9.12. The third kappa shape index (κ3) is 8.67. The Labute approximate surface area is 246 Å². The lowest BCUT2D eigenvalue weighted by atomic mass is 9.82. The average molecular weight is 589 g/mol. The molecule has 41 heavy (non-hydrogen) atoms. The number of ether oxygens (including phenoxy) is 1. The summed E-state index contributed by atoms with van der Waals surface area (Å²) in [6, 6.07) is 5.24. The number of carbonyl (C=O) groups excluding carboxylic acids is 5. The number of nitrogens with one attached hydrogen (secondary N) is 3. The quantitative estimate of drug-likeness (QED) is 0.358. The normalized spacial score (nSPS) is 22.0. The fourth-order valence-electron chi connectivity index (χ4n) is 6.43. The number of hydrogen-bond donors (Lipinski definition) is 3. The van der Waals surface area contributed by atoms with Gasteiger partial charge in [-0.3, -0.25) is 14.4 Å². The molecule has 2 heterocycles. The van der Waals surface area contributed by atoms with Gasteiger partial charge < -0.3 is 30.4 Å². The fourth-order valence-corrected chi connectivity index (χ4v) is 6.65. The highest BCUT2D eigenvalue weighted by Crippen LogP contribution is 2.36. The van der Waals surface area contributed by atoms with Crippen molar-refractivity contribution in [2.75, 3.05) is 13.1 Å². The van der Waals surface area contributed by atoms with Crippen molar-refractivity contribution in [3.05, 3.63) is 34.9 Å². The summed E-state index contributed by atoms with van der Waals surface area (Å²) in [5.41, 5.74) is 0.338. The van der Waals surface area contributed by atoms with Crippen molar-refractivity contribution in [2.24, 2.45) is 11.8 Å². The highest BCUT2D eigenvalue weighted by atomic mass is 35.5. The van der Waals surface area contributed by atoms with E-state index in [1.165, 1.54) is 0 Å². The predicted molar refractivity (Wildman–Crippen MR) is 153 cm³/mol. The third-order valence-corrected chi connectivity index (χ3v) is 8.99. The first-order valence-corrected chi connectivity index (χ1v) is 15.0. The maximum absolute atomic E-state index is 13.4. The Morgan fingerprint density at radius 1 is 1.15 bits per heavy atom. The fraction of sp³-hybridized carbons (Fsp3) is 0.633. The monoisotopic (exact) mass is 588 g/mol. The maximum atomic E-state index is 13.4. The van der Waals surface area contributed by atoms with Gasteiger partial charge in [-0.1, -0.05) is 55.8 Å². The summed E-state index contributed by atoms with van der Waals surface area (Å²) < 4.78 is 5.36. The van der Waals surface area contributed by atoms with Crippen LogP contribution in [0.25, 0.3) is 0 Å². The van der Waals surface area contributed by atoms with Crippen LogP contribution in [0.1, 0.15) is 76.7 Å². The molecule has 0 aromatic heterocycles. The van der Waals surface area contributed by atoms with Crippen LogP contribution in [0, 0.1) is 11.8 Å². The van der Waals surface area contributed by atoms with E-state index in [-0.39, 0.29) is 36.3 Å². The standard InChI is InChI=1S/C30H41ClN4O6/c1-20(37)35-12-10-30(11-13-35)17-23(27(38)34-30)16-25(18-36)32-28(39)26(15-21-6-3-2-4-7-21)33-29(40)41-19-22-8-5-9-24(31)14-22/h5,8-9,14,18,21,23,25-26H,2-4,6-7,10-13,15-17,19H2,1H3,(H,32,39)(H,33,40)(H,34,38)/t23?,25?,26-/m0/s1. The molecule has 3 aliphatic rings. The van der Waals surface area contributed by atoms with Crippen LogP contribution >= 0.6 is 11.6 Å². The molecule has 11 heteroatoms. The topological polar surface area (TPSA) is 134 Å². The molecule has 0 radical (unpaired) electrons. The molecule has 3 atom stereocenters. The van der Waals surface area contributed by atoms with Crippen LogP contribution in [0.2, 0.25) is 5.02 Å². The molecule has 4 amide bonds. The zero-order chi connectivity index (χ0) is 29.4. The highest BCUT2D eigenvalue weighted by Gasteiger charge is 2.46. The van der Waals surface area contributed by atoms with E-state index in [4.69, 9.17) is 16.3 Å². The van der Waals surface area contributed by atoms with E-state index >= 15 is 0 Å². The molecule has 224 valence electrons. The van der Waals surface area contributed by atoms with E-state index in [2.05, 4.69) is 16.0 Å². The van der Waals surface area contributed by atoms with Gasteiger partial charge in [0.15, 0.2) is 0 Å². The van der Waals surface area contributed by atoms with Crippen LogP contribution in [-0.4, -0.2) is 65.7 Å². The number of piperidine rings is 1. The number of carbonyl (C=O) groups is 5. The number of hydrogen-bond acceptors (Lipinski definition) is 6. The van der Waals surface area contributed by atoms with Crippen molar-refractivity contribution in [2.45, 2.75) is 95.4 Å². The van der Waals surface area contributed by atoms with Gasteiger partial charge in [0.25, 0.3) is 0 Å². The lowest BCUT2D eigenvalue weighted by Gasteiger charge is -2.39. The Bertz CT molecular complexity index is 1120. The van der Waals surface area contributed by atoms with Gasteiger partial charge in [-0.25, -0.2) is 4.79 Å². The van der Waals surface area contributed by atoms with Crippen LogP contribution in [0.3, 0.4) is 0 Å². The molecule has 1 aliphatic carbocycles. The number of nitrogens with zero attached hydrogens (tertiary/aromatic N) is 1. The van der Waals surface area contributed by atoms with E-state index in [1.807, 2.05) is 0 Å². The first kappa shape index (κ1) is 30.8. The molecule has 2 aliphatic heterocycles. The number of benzene rings is 1. The molecule has 3 fully saturated rings.